The van der Waals surface area contributed by atoms with E-state index in [9.17, 15) is 19.8 Å². The highest BCUT2D eigenvalue weighted by atomic mass is 16.7. The lowest BCUT2D eigenvalue weighted by Gasteiger charge is -2.65. The minimum atomic E-state index is -1.46. The lowest BCUT2D eigenvalue weighted by atomic mass is 9.47. The zero-order valence-corrected chi connectivity index (χ0v) is 21.0. The maximum absolute atomic E-state index is 13.5. The summed E-state index contributed by atoms with van der Waals surface area (Å²) < 4.78 is 13.7. The summed E-state index contributed by atoms with van der Waals surface area (Å²) >= 11 is 0. The first-order valence-corrected chi connectivity index (χ1v) is 12.7. The van der Waals surface area contributed by atoms with Crippen molar-refractivity contribution in [2.24, 2.45) is 28.6 Å². The van der Waals surface area contributed by atoms with E-state index < -0.39 is 39.5 Å². The topological polar surface area (TPSA) is 93.1 Å². The van der Waals surface area contributed by atoms with Gasteiger partial charge in [0.05, 0.1) is 5.60 Å². The standard InChI is InChI=1S/C28H36O6/c1-15-18-8-10-27(34-28(15)22(31)16(2)23(3,4)33-28)21-14-20(30)19-13-17(29)7-9-24(19,5)26(21,32)12-11-25(18,27)6/h11-16,18,22,31-32H,7-10H2,1-6H3/t15?,16-,18+,22+,24-,25+,26?,27-,28?/m0/s1. The van der Waals surface area contributed by atoms with Crippen LogP contribution in [0.4, 0.5) is 0 Å². The number of carbonyl (C=O) groups excluding carboxylic acids is 2. The molecule has 34 heavy (non-hydrogen) atoms. The molecular formula is C28H36O6. The second kappa shape index (κ2) is 6.20. The molecule has 6 aliphatic rings. The smallest absolute Gasteiger partial charge is 0.199 e. The number of fused-ring (bicyclic) bond motifs is 3. The summed E-state index contributed by atoms with van der Waals surface area (Å²) in [5, 5.41) is 23.9. The number of aliphatic hydroxyl groups is 2. The van der Waals surface area contributed by atoms with Crippen molar-refractivity contribution < 1.29 is 29.3 Å². The Hall–Kier alpha value is -1.60. The highest BCUT2D eigenvalue weighted by molar-refractivity contribution is 6.12. The molecule has 9 atom stereocenters. The molecule has 1 spiro atoms. The fourth-order valence-electron chi connectivity index (χ4n) is 8.53. The number of aliphatic hydroxyl groups excluding tert-OH is 1. The van der Waals surface area contributed by atoms with Gasteiger partial charge in [0.25, 0.3) is 0 Å². The molecule has 0 aromatic heterocycles. The van der Waals surface area contributed by atoms with Gasteiger partial charge in [-0.05, 0) is 51.2 Å². The number of hydrogen-bond donors (Lipinski definition) is 2. The molecule has 2 heterocycles. The fraction of sp³-hybridized carbons (Fsp3) is 0.714. The van der Waals surface area contributed by atoms with E-state index in [1.807, 2.05) is 33.8 Å². The van der Waals surface area contributed by atoms with Crippen LogP contribution < -0.4 is 0 Å². The van der Waals surface area contributed by atoms with Crippen LogP contribution in [0.5, 0.6) is 0 Å². The van der Waals surface area contributed by atoms with Gasteiger partial charge in [0.15, 0.2) is 17.4 Å². The summed E-state index contributed by atoms with van der Waals surface area (Å²) in [4.78, 5) is 25.6. The van der Waals surface area contributed by atoms with Crippen molar-refractivity contribution in [1.82, 2.24) is 0 Å². The molecule has 0 amide bonds. The van der Waals surface area contributed by atoms with E-state index >= 15 is 0 Å². The normalized spacial score (nSPS) is 54.9. The molecule has 6 nitrogen and oxygen atoms in total. The SMILES string of the molecule is CC1[C@H]2CC[C@]3(OC14OC(C)(C)[C@@H](C)[C@H]4O)C1=CC(=O)C4=CC(=O)CC[C@]4(C)C1(O)C=C[C@]23C. The van der Waals surface area contributed by atoms with Crippen molar-refractivity contribution in [2.75, 3.05) is 0 Å². The van der Waals surface area contributed by atoms with Gasteiger partial charge in [-0.3, -0.25) is 9.59 Å². The second-order valence-corrected chi connectivity index (χ2v) is 12.7. The van der Waals surface area contributed by atoms with Crippen LogP contribution >= 0.6 is 0 Å². The Morgan fingerprint density at radius 1 is 0.971 bits per heavy atom. The van der Waals surface area contributed by atoms with Crippen LogP contribution in [-0.2, 0) is 19.1 Å². The molecule has 2 bridgehead atoms. The van der Waals surface area contributed by atoms with Gasteiger partial charge in [0, 0.05) is 40.2 Å². The molecular weight excluding hydrogens is 432 g/mol. The molecule has 184 valence electrons. The monoisotopic (exact) mass is 468 g/mol. The van der Waals surface area contributed by atoms with Gasteiger partial charge in [-0.25, -0.2) is 0 Å². The van der Waals surface area contributed by atoms with Crippen molar-refractivity contribution >= 4 is 11.6 Å². The summed E-state index contributed by atoms with van der Waals surface area (Å²) in [6.45, 7) is 12.1. The Kier molecular flexibility index (Phi) is 4.17. The first-order chi connectivity index (χ1) is 15.7. The van der Waals surface area contributed by atoms with Crippen molar-refractivity contribution in [3.63, 3.8) is 0 Å². The van der Waals surface area contributed by atoms with Gasteiger partial charge in [-0.15, -0.1) is 0 Å². The number of carbonyl (C=O) groups is 2. The van der Waals surface area contributed by atoms with Gasteiger partial charge < -0.3 is 19.7 Å². The minimum Gasteiger partial charge on any atom is -0.387 e. The Morgan fingerprint density at radius 2 is 1.68 bits per heavy atom. The molecule has 3 unspecified atom stereocenters. The Bertz CT molecular complexity index is 1120. The fourth-order valence-corrected chi connectivity index (χ4v) is 8.53. The van der Waals surface area contributed by atoms with Gasteiger partial charge in [-0.2, -0.15) is 0 Å². The largest absolute Gasteiger partial charge is 0.387 e. The van der Waals surface area contributed by atoms with Crippen LogP contribution in [-0.4, -0.2) is 50.5 Å². The van der Waals surface area contributed by atoms with Crippen molar-refractivity contribution in [1.29, 1.82) is 0 Å². The maximum Gasteiger partial charge on any atom is 0.199 e. The van der Waals surface area contributed by atoms with Crippen molar-refractivity contribution in [3.8, 4) is 0 Å². The van der Waals surface area contributed by atoms with Crippen molar-refractivity contribution in [3.05, 3.63) is 35.5 Å². The van der Waals surface area contributed by atoms with E-state index in [4.69, 9.17) is 9.47 Å². The zero-order chi connectivity index (χ0) is 24.7. The van der Waals surface area contributed by atoms with E-state index in [1.165, 1.54) is 12.2 Å². The minimum absolute atomic E-state index is 0.0783. The van der Waals surface area contributed by atoms with E-state index in [2.05, 4.69) is 19.9 Å². The highest BCUT2D eigenvalue weighted by Crippen LogP contribution is 2.73. The van der Waals surface area contributed by atoms with Crippen LogP contribution in [0.25, 0.3) is 0 Å². The molecule has 1 saturated carbocycles. The van der Waals surface area contributed by atoms with E-state index in [-0.39, 0.29) is 29.3 Å². The number of allylic oxidation sites excluding steroid dienone is 2. The first-order valence-electron chi connectivity index (χ1n) is 12.7. The van der Waals surface area contributed by atoms with Crippen LogP contribution in [0, 0.1) is 28.6 Å². The average Bonchev–Trinajstić information content (AvgIpc) is 3.09. The predicted octanol–water partition coefficient (Wildman–Crippen LogP) is 3.42. The summed E-state index contributed by atoms with van der Waals surface area (Å²) in [7, 11) is 0. The number of rotatable bonds is 0. The van der Waals surface area contributed by atoms with Crippen molar-refractivity contribution in [2.45, 2.75) is 95.9 Å². The lowest BCUT2D eigenvalue weighted by Crippen LogP contribution is -2.71. The van der Waals surface area contributed by atoms with Gasteiger partial charge >= 0.3 is 0 Å². The molecule has 0 aromatic carbocycles. The van der Waals surface area contributed by atoms with E-state index in [0.717, 1.165) is 6.42 Å². The van der Waals surface area contributed by atoms with Crippen LogP contribution in [0.2, 0.25) is 0 Å². The molecule has 3 fully saturated rings. The molecule has 0 aromatic rings. The average molecular weight is 469 g/mol. The van der Waals surface area contributed by atoms with E-state index in [0.29, 0.717) is 30.4 Å². The lowest BCUT2D eigenvalue weighted by molar-refractivity contribution is -0.373. The molecule has 2 aliphatic heterocycles. The van der Waals surface area contributed by atoms with Gasteiger partial charge in [-0.1, -0.05) is 39.8 Å². The third-order valence-corrected chi connectivity index (χ3v) is 11.1. The van der Waals surface area contributed by atoms with Crippen LogP contribution in [0.1, 0.15) is 67.2 Å². The molecule has 2 saturated heterocycles. The maximum atomic E-state index is 13.5. The first kappa shape index (κ1) is 22.8. The summed E-state index contributed by atoms with van der Waals surface area (Å²) in [6.07, 6.45) is 8.22. The number of hydrogen-bond acceptors (Lipinski definition) is 6. The molecule has 6 heteroatoms. The molecule has 0 radical (unpaired) electrons. The quantitative estimate of drug-likeness (QED) is 0.529. The summed E-state index contributed by atoms with van der Waals surface area (Å²) in [5.41, 5.74) is -3.48. The van der Waals surface area contributed by atoms with Gasteiger partial charge in [0.1, 0.15) is 17.3 Å². The molecule has 6 rings (SSSR count). The zero-order valence-electron chi connectivity index (χ0n) is 21.0. The molecule has 4 aliphatic carbocycles. The third-order valence-electron chi connectivity index (χ3n) is 11.1. The number of ether oxygens (including phenoxy) is 2. The van der Waals surface area contributed by atoms with E-state index in [1.54, 1.807) is 0 Å². The molecule has 2 N–H and O–H groups in total. The second-order valence-electron chi connectivity index (χ2n) is 12.7. The van der Waals surface area contributed by atoms with Crippen LogP contribution in [0.15, 0.2) is 35.5 Å². The van der Waals surface area contributed by atoms with Crippen LogP contribution in [0.3, 0.4) is 0 Å². The Balaban J connectivity index is 1.59. The Labute approximate surface area is 201 Å². The van der Waals surface area contributed by atoms with Gasteiger partial charge in [0.2, 0.25) is 0 Å². The Morgan fingerprint density at radius 3 is 2.32 bits per heavy atom. The summed E-state index contributed by atoms with van der Waals surface area (Å²) in [6, 6.07) is 0. The summed E-state index contributed by atoms with van der Waals surface area (Å²) in [5.74, 6) is -1.62. The third kappa shape index (κ3) is 2.20. The number of ketones is 2. The highest BCUT2D eigenvalue weighted by Gasteiger charge is 2.78. The predicted molar refractivity (Wildman–Crippen MR) is 124 cm³/mol.